The minimum absolute atomic E-state index is 0.0257. The van der Waals surface area contributed by atoms with Gasteiger partial charge in [-0.05, 0) is 66.2 Å². The summed E-state index contributed by atoms with van der Waals surface area (Å²) in [5, 5.41) is 9.32. The molecule has 18 heteroatoms. The first-order chi connectivity index (χ1) is 25.8. The van der Waals surface area contributed by atoms with Crippen molar-refractivity contribution in [3.8, 4) is 11.5 Å². The van der Waals surface area contributed by atoms with Crippen LogP contribution in [-0.2, 0) is 38.6 Å². The van der Waals surface area contributed by atoms with E-state index in [0.29, 0.717) is 17.7 Å². The summed E-state index contributed by atoms with van der Waals surface area (Å²) >= 11 is 0. The highest BCUT2D eigenvalue weighted by atomic mass is 32.2. The van der Waals surface area contributed by atoms with Gasteiger partial charge in [0.05, 0.1) is 32.3 Å². The maximum absolute atomic E-state index is 13.7. The van der Waals surface area contributed by atoms with E-state index in [4.69, 9.17) is 4.74 Å². The van der Waals surface area contributed by atoms with Gasteiger partial charge in [0.1, 0.15) is 29.9 Å². The second-order valence-corrected chi connectivity index (χ2v) is 16.0. The zero-order chi connectivity index (χ0) is 39.9. The van der Waals surface area contributed by atoms with Gasteiger partial charge in [-0.2, -0.15) is 26.3 Å². The van der Waals surface area contributed by atoms with E-state index in [2.05, 4.69) is 0 Å². The lowest BCUT2D eigenvalue weighted by molar-refractivity contribution is -0.139. The minimum Gasteiger partial charge on any atom is -0.507 e. The molecule has 0 spiro atoms. The van der Waals surface area contributed by atoms with Gasteiger partial charge in [-0.25, -0.2) is 16.8 Å². The number of sulfone groups is 2. The first-order valence-corrected chi connectivity index (χ1v) is 19.1. The average Bonchev–Trinajstić information content (AvgIpc) is 3.58. The van der Waals surface area contributed by atoms with Crippen LogP contribution in [0.1, 0.15) is 37.4 Å². The Morgan fingerprint density at radius 1 is 0.600 bits per heavy atom. The molecule has 10 nitrogen and oxygen atoms in total. The maximum Gasteiger partial charge on any atom is 0.419 e. The van der Waals surface area contributed by atoms with Gasteiger partial charge in [-0.3, -0.25) is 19.4 Å². The summed E-state index contributed by atoms with van der Waals surface area (Å²) < 4.78 is 134. The molecular formula is C37H26F6N2O8S2. The fraction of sp³-hybridized carbons (Fsp3) is 0.135. The molecule has 0 saturated heterocycles. The maximum atomic E-state index is 13.7. The van der Waals surface area contributed by atoms with Crippen molar-refractivity contribution in [2.24, 2.45) is 0 Å². The molecule has 0 saturated carbocycles. The van der Waals surface area contributed by atoms with Crippen molar-refractivity contribution >= 4 is 42.9 Å². The largest absolute Gasteiger partial charge is 0.507 e. The lowest BCUT2D eigenvalue weighted by Crippen LogP contribution is -2.30. The van der Waals surface area contributed by atoms with E-state index in [9.17, 15) is 57.9 Å². The number of alkyl halides is 6. The third-order valence-electron chi connectivity index (χ3n) is 8.39. The van der Waals surface area contributed by atoms with Crippen molar-refractivity contribution in [1.82, 2.24) is 0 Å². The summed E-state index contributed by atoms with van der Waals surface area (Å²) in [5.41, 5.74) is -2.17. The second kappa shape index (κ2) is 14.4. The first kappa shape index (κ1) is 38.8. The van der Waals surface area contributed by atoms with Gasteiger partial charge in [-0.1, -0.05) is 54.6 Å². The highest BCUT2D eigenvalue weighted by Crippen LogP contribution is 2.40. The van der Waals surface area contributed by atoms with Gasteiger partial charge >= 0.3 is 12.4 Å². The number of phenolic OH excluding ortho intramolecular Hbond substituents is 1. The summed E-state index contributed by atoms with van der Waals surface area (Å²) in [6, 6.07) is 25.6. The standard InChI is InChI=1S/C22H16F3NO4S.C15H10F3NO4S/c23-22(24,25)17-12-16(10-11-19(17)30-13-15-6-2-1-3-7-15)21(27)26-14-31(28,29)20-9-5-4-8-18(20)26;16-15(17,18)10-7-9(5-6-12(10)20)14(21)19-8-24(22,23)13-4-2-1-3-11(13)19/h1-12H,13-14H2;1-7,20H,8H2. The van der Waals surface area contributed by atoms with Crippen LogP contribution >= 0.6 is 0 Å². The molecular weight excluding hydrogens is 779 g/mol. The normalized spacial score (nSPS) is 15.4. The van der Waals surface area contributed by atoms with E-state index in [-0.39, 0.29) is 38.9 Å². The molecule has 55 heavy (non-hydrogen) atoms. The number of anilines is 2. The number of ether oxygens (including phenoxy) is 1. The average molecular weight is 805 g/mol. The molecule has 2 heterocycles. The number of carbonyl (C=O) groups excluding carboxylic acids is 2. The lowest BCUT2D eigenvalue weighted by Gasteiger charge is -2.18. The third kappa shape index (κ3) is 8.00. The van der Waals surface area contributed by atoms with E-state index >= 15 is 0 Å². The van der Waals surface area contributed by atoms with Gasteiger partial charge in [0.25, 0.3) is 11.8 Å². The number of para-hydroxylation sites is 2. The van der Waals surface area contributed by atoms with E-state index in [1.165, 1.54) is 48.5 Å². The number of benzene rings is 5. The number of aromatic hydroxyl groups is 1. The Morgan fingerprint density at radius 2 is 1.04 bits per heavy atom. The Kier molecular flexibility index (Phi) is 10.2. The third-order valence-corrected chi connectivity index (χ3v) is 11.6. The number of phenols is 1. The molecule has 5 aromatic carbocycles. The molecule has 2 amide bonds. The van der Waals surface area contributed by atoms with Gasteiger partial charge in [0, 0.05) is 11.1 Å². The summed E-state index contributed by atoms with van der Waals surface area (Å²) in [4.78, 5) is 27.2. The molecule has 5 aromatic rings. The molecule has 0 aromatic heterocycles. The topological polar surface area (TPSA) is 138 Å². The molecule has 0 radical (unpaired) electrons. The molecule has 0 fully saturated rings. The van der Waals surface area contributed by atoms with Crippen LogP contribution in [-0.4, -0.2) is 45.5 Å². The number of halogens is 6. The molecule has 7 rings (SSSR count). The number of hydrogen-bond acceptors (Lipinski definition) is 8. The quantitative estimate of drug-likeness (QED) is 0.181. The second-order valence-electron chi connectivity index (χ2n) is 12.1. The van der Waals surface area contributed by atoms with E-state index in [1.54, 1.807) is 36.4 Å². The molecule has 0 unspecified atom stereocenters. The molecule has 0 aliphatic carbocycles. The molecule has 286 valence electrons. The number of fused-ring (bicyclic) bond motifs is 2. The Hall–Kier alpha value is -5.88. The lowest BCUT2D eigenvalue weighted by atomic mass is 10.1. The van der Waals surface area contributed by atoms with Crippen LogP contribution in [0, 0.1) is 0 Å². The summed E-state index contributed by atoms with van der Waals surface area (Å²) in [6.07, 6.45) is -9.60. The first-order valence-electron chi connectivity index (χ1n) is 15.8. The Morgan fingerprint density at radius 3 is 1.53 bits per heavy atom. The Bertz CT molecular complexity index is 2530. The van der Waals surface area contributed by atoms with Crippen LogP contribution in [0.2, 0.25) is 0 Å². The van der Waals surface area contributed by atoms with Crippen LogP contribution in [0.25, 0.3) is 0 Å². The highest BCUT2D eigenvalue weighted by molar-refractivity contribution is 7.92. The molecule has 1 N–H and O–H groups in total. The van der Waals surface area contributed by atoms with Gasteiger partial charge < -0.3 is 9.84 Å². The summed E-state index contributed by atoms with van der Waals surface area (Å²) in [5.74, 6) is -4.43. The summed E-state index contributed by atoms with van der Waals surface area (Å²) in [6.45, 7) is -0.0744. The number of hydrogen-bond donors (Lipinski definition) is 1. The predicted octanol–water partition coefficient (Wildman–Crippen LogP) is 7.48. The monoisotopic (exact) mass is 804 g/mol. The van der Waals surface area contributed by atoms with Crippen LogP contribution in [0.15, 0.2) is 125 Å². The number of nitrogens with zero attached hydrogens (tertiary/aromatic N) is 2. The van der Waals surface area contributed by atoms with E-state index < -0.39 is 78.2 Å². The van der Waals surface area contributed by atoms with Crippen molar-refractivity contribution in [3.05, 3.63) is 143 Å². The molecule has 0 bridgehead atoms. The van der Waals surface area contributed by atoms with Crippen molar-refractivity contribution < 1.29 is 62.6 Å². The predicted molar refractivity (Wildman–Crippen MR) is 186 cm³/mol. The minimum atomic E-state index is -4.84. The molecule has 2 aliphatic rings. The van der Waals surface area contributed by atoms with Crippen molar-refractivity contribution in [1.29, 1.82) is 0 Å². The fourth-order valence-electron chi connectivity index (χ4n) is 5.79. The van der Waals surface area contributed by atoms with Gasteiger partial charge in [-0.15, -0.1) is 0 Å². The highest BCUT2D eigenvalue weighted by Gasteiger charge is 2.40. The van der Waals surface area contributed by atoms with E-state index in [0.717, 1.165) is 28.0 Å². The van der Waals surface area contributed by atoms with Crippen molar-refractivity contribution in [2.75, 3.05) is 21.6 Å². The molecule has 2 aliphatic heterocycles. The van der Waals surface area contributed by atoms with E-state index in [1.807, 2.05) is 0 Å². The zero-order valence-corrected chi connectivity index (χ0v) is 29.5. The zero-order valence-electron chi connectivity index (χ0n) is 27.9. The Balaban J connectivity index is 0.000000193. The van der Waals surface area contributed by atoms with Crippen molar-refractivity contribution in [2.45, 2.75) is 28.8 Å². The number of amides is 2. The van der Waals surface area contributed by atoms with Crippen LogP contribution in [0.4, 0.5) is 37.7 Å². The smallest absolute Gasteiger partial charge is 0.419 e. The van der Waals surface area contributed by atoms with Gasteiger partial charge in [0.15, 0.2) is 19.7 Å². The van der Waals surface area contributed by atoms with Crippen molar-refractivity contribution in [3.63, 3.8) is 0 Å². The fourth-order valence-corrected chi connectivity index (χ4v) is 8.83. The van der Waals surface area contributed by atoms with Crippen LogP contribution < -0.4 is 14.5 Å². The molecule has 0 atom stereocenters. The number of carbonyl (C=O) groups is 2. The van der Waals surface area contributed by atoms with Crippen LogP contribution in [0.5, 0.6) is 11.5 Å². The van der Waals surface area contributed by atoms with Crippen LogP contribution in [0.3, 0.4) is 0 Å². The number of rotatable bonds is 5. The van der Waals surface area contributed by atoms with Gasteiger partial charge in [0.2, 0.25) is 0 Å². The Labute approximate surface area is 309 Å². The SMILES string of the molecule is O=C(c1ccc(O)c(C(F)(F)F)c1)N1CS(=O)(=O)c2ccccc21.O=C(c1ccc(OCc2ccccc2)c(C(F)(F)F)c1)N1CS(=O)(=O)c2ccccc21. The summed E-state index contributed by atoms with van der Waals surface area (Å²) in [7, 11) is -7.46.